The molecular formula is C16H16N2. The van der Waals surface area contributed by atoms with Gasteiger partial charge in [-0.1, -0.05) is 31.4 Å². The van der Waals surface area contributed by atoms with Crippen molar-refractivity contribution >= 4 is 10.8 Å². The third-order valence-electron chi connectivity index (χ3n) is 3.95. The Morgan fingerprint density at radius 1 is 1.06 bits per heavy atom. The number of nitrogens with zero attached hydrogens (tertiary/aromatic N) is 2. The molecule has 2 nitrogen and oxygen atoms in total. The molecule has 0 saturated heterocycles. The minimum absolute atomic E-state index is 0.580. The summed E-state index contributed by atoms with van der Waals surface area (Å²) >= 11 is 0. The summed E-state index contributed by atoms with van der Waals surface area (Å²) in [5.74, 6) is 0.580. The first-order chi connectivity index (χ1) is 8.90. The molecule has 1 saturated carbocycles. The minimum Gasteiger partial charge on any atom is -0.260 e. The molecule has 1 aliphatic rings. The van der Waals surface area contributed by atoms with Crippen LogP contribution in [0.25, 0.3) is 10.8 Å². The first-order valence-electron chi connectivity index (χ1n) is 6.68. The van der Waals surface area contributed by atoms with Gasteiger partial charge in [0.2, 0.25) is 0 Å². The number of benzene rings is 1. The maximum atomic E-state index is 9.17. The Morgan fingerprint density at radius 2 is 1.89 bits per heavy atom. The molecule has 1 fully saturated rings. The molecule has 0 spiro atoms. The van der Waals surface area contributed by atoms with Crippen molar-refractivity contribution in [1.29, 1.82) is 5.26 Å². The lowest BCUT2D eigenvalue weighted by molar-refractivity contribution is 0.439. The Bertz CT molecular complexity index is 604. The number of pyridine rings is 1. The van der Waals surface area contributed by atoms with Gasteiger partial charge >= 0.3 is 0 Å². The van der Waals surface area contributed by atoms with Gasteiger partial charge in [0.05, 0.1) is 17.3 Å². The van der Waals surface area contributed by atoms with E-state index in [9.17, 15) is 0 Å². The van der Waals surface area contributed by atoms with Crippen molar-refractivity contribution in [3.8, 4) is 6.07 Å². The third-order valence-corrected chi connectivity index (χ3v) is 3.95. The number of aromatic nitrogens is 1. The van der Waals surface area contributed by atoms with Crippen molar-refractivity contribution < 1.29 is 0 Å². The Balaban J connectivity index is 2.15. The molecule has 0 N–H and O–H groups in total. The van der Waals surface area contributed by atoms with Crippen LogP contribution in [-0.4, -0.2) is 4.98 Å². The van der Waals surface area contributed by atoms with Crippen LogP contribution in [0.4, 0.5) is 0 Å². The normalized spacial score (nSPS) is 16.6. The highest BCUT2D eigenvalue weighted by molar-refractivity contribution is 5.89. The van der Waals surface area contributed by atoms with Crippen LogP contribution in [0.15, 0.2) is 30.5 Å². The maximum Gasteiger partial charge on any atom is 0.0998 e. The van der Waals surface area contributed by atoms with E-state index in [1.54, 1.807) is 0 Å². The molecular weight excluding hydrogens is 220 g/mol. The average molecular weight is 236 g/mol. The van der Waals surface area contributed by atoms with Crippen molar-refractivity contribution in [1.82, 2.24) is 4.98 Å². The van der Waals surface area contributed by atoms with Gasteiger partial charge < -0.3 is 0 Å². The lowest BCUT2D eigenvalue weighted by atomic mass is 9.84. The Hall–Kier alpha value is -1.88. The lowest BCUT2D eigenvalue weighted by Gasteiger charge is -2.22. The Labute approximate surface area is 107 Å². The second-order valence-electron chi connectivity index (χ2n) is 5.04. The molecule has 1 aliphatic carbocycles. The average Bonchev–Trinajstić information content (AvgIpc) is 2.47. The summed E-state index contributed by atoms with van der Waals surface area (Å²) in [6, 6.07) is 10.2. The smallest absolute Gasteiger partial charge is 0.0998 e. The molecule has 0 aliphatic heterocycles. The molecule has 0 amide bonds. The zero-order valence-electron chi connectivity index (χ0n) is 10.4. The van der Waals surface area contributed by atoms with Gasteiger partial charge in [-0.3, -0.25) is 4.98 Å². The molecule has 3 rings (SSSR count). The summed E-state index contributed by atoms with van der Waals surface area (Å²) in [6.45, 7) is 0. The Morgan fingerprint density at radius 3 is 2.67 bits per heavy atom. The summed E-state index contributed by atoms with van der Waals surface area (Å²) in [4.78, 5) is 4.60. The van der Waals surface area contributed by atoms with Gasteiger partial charge in [-0.05, 0) is 25.0 Å². The largest absolute Gasteiger partial charge is 0.260 e. The maximum absolute atomic E-state index is 9.17. The first-order valence-corrected chi connectivity index (χ1v) is 6.68. The van der Waals surface area contributed by atoms with Crippen LogP contribution in [0.1, 0.15) is 49.3 Å². The topological polar surface area (TPSA) is 36.7 Å². The molecule has 0 unspecified atom stereocenters. The van der Waals surface area contributed by atoms with E-state index in [2.05, 4.69) is 17.1 Å². The summed E-state index contributed by atoms with van der Waals surface area (Å²) in [7, 11) is 0. The summed E-state index contributed by atoms with van der Waals surface area (Å²) in [5, 5.41) is 11.4. The van der Waals surface area contributed by atoms with Gasteiger partial charge in [-0.2, -0.15) is 5.26 Å². The van der Waals surface area contributed by atoms with Crippen LogP contribution in [0, 0.1) is 11.3 Å². The molecule has 90 valence electrons. The predicted octanol–water partition coefficient (Wildman–Crippen LogP) is 4.15. The fraction of sp³-hybridized carbons (Fsp3) is 0.375. The number of rotatable bonds is 1. The highest BCUT2D eigenvalue weighted by atomic mass is 14.7. The fourth-order valence-corrected chi connectivity index (χ4v) is 3.03. The zero-order chi connectivity index (χ0) is 12.4. The van der Waals surface area contributed by atoms with Crippen molar-refractivity contribution in [2.45, 2.75) is 38.0 Å². The fourth-order valence-electron chi connectivity index (χ4n) is 3.03. The molecule has 2 aromatic rings. The van der Waals surface area contributed by atoms with Gasteiger partial charge in [-0.25, -0.2) is 0 Å². The monoisotopic (exact) mass is 236 g/mol. The van der Waals surface area contributed by atoms with Crippen molar-refractivity contribution in [3.63, 3.8) is 0 Å². The van der Waals surface area contributed by atoms with Crippen molar-refractivity contribution in [2.75, 3.05) is 0 Å². The second-order valence-corrected chi connectivity index (χ2v) is 5.04. The standard InChI is InChI=1S/C16H16N2/c17-11-13-7-4-8-15-14(13)9-10-18-16(15)12-5-2-1-3-6-12/h4,7-10,12H,1-3,5-6H2. The van der Waals surface area contributed by atoms with E-state index in [1.165, 1.54) is 43.2 Å². The van der Waals surface area contributed by atoms with Crippen LogP contribution in [-0.2, 0) is 0 Å². The molecule has 18 heavy (non-hydrogen) atoms. The van der Waals surface area contributed by atoms with E-state index in [0.717, 1.165) is 10.9 Å². The van der Waals surface area contributed by atoms with E-state index in [4.69, 9.17) is 5.26 Å². The first kappa shape index (κ1) is 11.2. The predicted molar refractivity (Wildman–Crippen MR) is 72.3 cm³/mol. The van der Waals surface area contributed by atoms with Crippen molar-refractivity contribution in [3.05, 3.63) is 41.7 Å². The lowest BCUT2D eigenvalue weighted by Crippen LogP contribution is -2.07. The molecule has 2 heteroatoms. The molecule has 1 aromatic carbocycles. The van der Waals surface area contributed by atoms with E-state index >= 15 is 0 Å². The molecule has 0 atom stereocenters. The van der Waals surface area contributed by atoms with E-state index in [1.807, 2.05) is 24.4 Å². The molecule has 1 aromatic heterocycles. The van der Waals surface area contributed by atoms with Crippen LogP contribution < -0.4 is 0 Å². The number of nitriles is 1. The summed E-state index contributed by atoms with van der Waals surface area (Å²) < 4.78 is 0. The van der Waals surface area contributed by atoms with E-state index in [-0.39, 0.29) is 0 Å². The van der Waals surface area contributed by atoms with Gasteiger partial charge in [0, 0.05) is 22.9 Å². The van der Waals surface area contributed by atoms with Gasteiger partial charge in [0.25, 0.3) is 0 Å². The summed E-state index contributed by atoms with van der Waals surface area (Å²) in [6.07, 6.45) is 8.30. The zero-order valence-corrected chi connectivity index (χ0v) is 10.4. The van der Waals surface area contributed by atoms with Crippen LogP contribution in [0.5, 0.6) is 0 Å². The third kappa shape index (κ3) is 1.86. The number of hydrogen-bond donors (Lipinski definition) is 0. The highest BCUT2D eigenvalue weighted by Crippen LogP contribution is 2.35. The quantitative estimate of drug-likeness (QED) is 0.745. The number of fused-ring (bicyclic) bond motifs is 1. The number of hydrogen-bond acceptors (Lipinski definition) is 2. The SMILES string of the molecule is N#Cc1cccc2c(C3CCCCC3)nccc12. The van der Waals surface area contributed by atoms with Gasteiger partial charge in [0.1, 0.15) is 0 Å². The van der Waals surface area contributed by atoms with E-state index < -0.39 is 0 Å². The summed E-state index contributed by atoms with van der Waals surface area (Å²) in [5.41, 5.74) is 1.95. The highest BCUT2D eigenvalue weighted by Gasteiger charge is 2.19. The molecule has 0 bridgehead atoms. The van der Waals surface area contributed by atoms with Crippen LogP contribution in [0.2, 0.25) is 0 Å². The van der Waals surface area contributed by atoms with Gasteiger partial charge in [0.15, 0.2) is 0 Å². The molecule has 0 radical (unpaired) electrons. The van der Waals surface area contributed by atoms with Gasteiger partial charge in [-0.15, -0.1) is 0 Å². The van der Waals surface area contributed by atoms with Crippen LogP contribution in [0.3, 0.4) is 0 Å². The van der Waals surface area contributed by atoms with Crippen molar-refractivity contribution in [2.24, 2.45) is 0 Å². The molecule has 1 heterocycles. The van der Waals surface area contributed by atoms with Crippen LogP contribution >= 0.6 is 0 Å². The van der Waals surface area contributed by atoms with E-state index in [0.29, 0.717) is 5.92 Å². The second kappa shape index (κ2) is 4.78. The Kier molecular flexibility index (Phi) is 2.98. The minimum atomic E-state index is 0.580.